The first-order valence-corrected chi connectivity index (χ1v) is 7.07. The molecule has 4 aliphatic carbocycles. The maximum absolute atomic E-state index is 11.9. The standard InChI is InChI=1S/C18H18O2/c1-12(19)17-15-8-6-13-2-4-14(5-3-13)7-9-16(11-10-15)18(17)20/h2-5,10-11,20H,6-9H2,1H3. The Labute approximate surface area is 119 Å². The monoisotopic (exact) mass is 266 g/mol. The summed E-state index contributed by atoms with van der Waals surface area (Å²) in [6.45, 7) is 1.53. The van der Waals surface area contributed by atoms with Gasteiger partial charge in [0.15, 0.2) is 5.78 Å². The average Bonchev–Trinajstić information content (AvgIpc) is 2.42. The Hall–Kier alpha value is -2.09. The molecular formula is C18H18O2. The van der Waals surface area contributed by atoms with E-state index in [2.05, 4.69) is 24.3 Å². The molecule has 1 N–H and O–H groups in total. The van der Waals surface area contributed by atoms with Crippen LogP contribution in [0.5, 0.6) is 5.75 Å². The van der Waals surface area contributed by atoms with Crippen molar-refractivity contribution in [2.45, 2.75) is 32.6 Å². The molecule has 102 valence electrons. The molecule has 0 saturated heterocycles. The highest BCUT2D eigenvalue weighted by molar-refractivity contribution is 5.98. The lowest BCUT2D eigenvalue weighted by molar-refractivity contribution is 0.101. The van der Waals surface area contributed by atoms with Gasteiger partial charge in [-0.05, 0) is 54.9 Å². The molecule has 0 aromatic heterocycles. The zero-order chi connectivity index (χ0) is 14.1. The first kappa shape index (κ1) is 12.9. The Balaban J connectivity index is 2.10. The van der Waals surface area contributed by atoms with E-state index in [0.717, 1.165) is 36.8 Å². The number of phenolic OH excluding ortho intramolecular Hbond substituents is 1. The van der Waals surface area contributed by atoms with Crippen molar-refractivity contribution < 1.29 is 9.90 Å². The first-order chi connectivity index (χ1) is 9.65. The summed E-state index contributed by atoms with van der Waals surface area (Å²) in [4.78, 5) is 11.9. The molecule has 4 aliphatic rings. The van der Waals surface area contributed by atoms with Crippen LogP contribution in [-0.4, -0.2) is 10.9 Å². The normalized spacial score (nSPS) is 13.8. The Morgan fingerprint density at radius 3 is 1.90 bits per heavy atom. The number of Topliss-reactive ketones (excluding diaryl/α,β-unsaturated/α-hetero) is 1. The van der Waals surface area contributed by atoms with Gasteiger partial charge in [0.25, 0.3) is 0 Å². The Bertz CT molecular complexity index is 654. The van der Waals surface area contributed by atoms with Gasteiger partial charge in [0.1, 0.15) is 5.75 Å². The van der Waals surface area contributed by atoms with E-state index in [0.29, 0.717) is 5.56 Å². The largest absolute Gasteiger partial charge is 0.507 e. The van der Waals surface area contributed by atoms with Crippen molar-refractivity contribution >= 4 is 5.78 Å². The van der Waals surface area contributed by atoms with Gasteiger partial charge in [0.05, 0.1) is 5.56 Å². The van der Waals surface area contributed by atoms with Gasteiger partial charge in [-0.2, -0.15) is 0 Å². The van der Waals surface area contributed by atoms with Crippen molar-refractivity contribution in [2.24, 2.45) is 0 Å². The van der Waals surface area contributed by atoms with E-state index < -0.39 is 0 Å². The average molecular weight is 266 g/mol. The number of hydrogen-bond donors (Lipinski definition) is 1. The van der Waals surface area contributed by atoms with Crippen LogP contribution in [-0.2, 0) is 25.7 Å². The van der Waals surface area contributed by atoms with Crippen LogP contribution in [0.1, 0.15) is 39.5 Å². The Morgan fingerprint density at radius 1 is 0.850 bits per heavy atom. The van der Waals surface area contributed by atoms with E-state index in [1.165, 1.54) is 18.1 Å². The molecule has 6 rings (SSSR count). The van der Waals surface area contributed by atoms with Gasteiger partial charge in [-0.25, -0.2) is 0 Å². The number of carbonyl (C=O) groups is 1. The zero-order valence-corrected chi connectivity index (χ0v) is 11.6. The van der Waals surface area contributed by atoms with Gasteiger partial charge < -0.3 is 5.11 Å². The number of aryl methyl sites for hydroxylation is 4. The highest BCUT2D eigenvalue weighted by Gasteiger charge is 2.17. The van der Waals surface area contributed by atoms with E-state index in [-0.39, 0.29) is 11.5 Å². The van der Waals surface area contributed by atoms with E-state index in [4.69, 9.17) is 0 Å². The van der Waals surface area contributed by atoms with Gasteiger partial charge in [-0.15, -0.1) is 0 Å². The molecule has 2 aromatic carbocycles. The first-order valence-electron chi connectivity index (χ1n) is 7.07. The van der Waals surface area contributed by atoms with E-state index >= 15 is 0 Å². The molecule has 0 aliphatic heterocycles. The number of aromatic hydroxyl groups is 1. The predicted octanol–water partition coefficient (Wildman–Crippen LogP) is 3.48. The zero-order valence-electron chi connectivity index (χ0n) is 11.6. The molecule has 0 saturated carbocycles. The van der Waals surface area contributed by atoms with Crippen molar-refractivity contribution in [3.8, 4) is 5.75 Å². The number of ketones is 1. The van der Waals surface area contributed by atoms with Crippen LogP contribution in [0, 0.1) is 0 Å². The van der Waals surface area contributed by atoms with Crippen LogP contribution in [0.15, 0.2) is 36.4 Å². The second-order valence-corrected chi connectivity index (χ2v) is 5.48. The number of phenols is 1. The topological polar surface area (TPSA) is 37.3 Å². The Morgan fingerprint density at radius 2 is 1.35 bits per heavy atom. The number of hydrogen-bond acceptors (Lipinski definition) is 2. The van der Waals surface area contributed by atoms with Crippen LogP contribution >= 0.6 is 0 Å². The smallest absolute Gasteiger partial charge is 0.163 e. The van der Waals surface area contributed by atoms with Crippen molar-refractivity contribution in [3.05, 3.63) is 64.2 Å². The summed E-state index contributed by atoms with van der Waals surface area (Å²) in [7, 11) is 0. The summed E-state index contributed by atoms with van der Waals surface area (Å²) in [6.07, 6.45) is 3.30. The van der Waals surface area contributed by atoms with Crippen LogP contribution < -0.4 is 0 Å². The lowest BCUT2D eigenvalue weighted by atomic mass is 9.91. The fourth-order valence-corrected chi connectivity index (χ4v) is 2.91. The fourth-order valence-electron chi connectivity index (χ4n) is 2.91. The molecule has 0 heterocycles. The molecule has 0 fully saturated rings. The minimum absolute atomic E-state index is 0.0506. The van der Waals surface area contributed by atoms with Gasteiger partial charge in [-0.1, -0.05) is 36.4 Å². The predicted molar refractivity (Wildman–Crippen MR) is 79.4 cm³/mol. The lowest BCUT2D eigenvalue weighted by Crippen LogP contribution is -2.06. The van der Waals surface area contributed by atoms with Crippen molar-refractivity contribution in [2.75, 3.05) is 0 Å². The van der Waals surface area contributed by atoms with Gasteiger partial charge >= 0.3 is 0 Å². The van der Waals surface area contributed by atoms with Crippen LogP contribution in [0.2, 0.25) is 0 Å². The maximum Gasteiger partial charge on any atom is 0.163 e. The van der Waals surface area contributed by atoms with Crippen molar-refractivity contribution in [1.82, 2.24) is 0 Å². The van der Waals surface area contributed by atoms with Crippen molar-refractivity contribution in [3.63, 3.8) is 0 Å². The van der Waals surface area contributed by atoms with E-state index in [1.807, 2.05) is 12.1 Å². The summed E-state index contributed by atoms with van der Waals surface area (Å²) < 4.78 is 0. The molecule has 0 radical (unpaired) electrons. The second-order valence-electron chi connectivity index (χ2n) is 5.48. The SMILES string of the molecule is CC(=O)c1c2ccc(c1O)CCc1ccc(cc1)CC2. The lowest BCUT2D eigenvalue weighted by Gasteiger charge is -2.15. The number of benzene rings is 2. The van der Waals surface area contributed by atoms with Crippen molar-refractivity contribution in [1.29, 1.82) is 0 Å². The molecule has 0 atom stereocenters. The highest BCUT2D eigenvalue weighted by Crippen LogP contribution is 2.29. The maximum atomic E-state index is 11.9. The number of carbonyl (C=O) groups excluding carboxylic acids is 1. The molecule has 20 heavy (non-hydrogen) atoms. The molecule has 2 nitrogen and oxygen atoms in total. The summed E-state index contributed by atoms with van der Waals surface area (Å²) in [5.41, 5.74) is 4.86. The summed E-state index contributed by atoms with van der Waals surface area (Å²) >= 11 is 0. The molecule has 2 heteroatoms. The highest BCUT2D eigenvalue weighted by atomic mass is 16.3. The minimum Gasteiger partial charge on any atom is -0.507 e. The molecular weight excluding hydrogens is 248 g/mol. The summed E-state index contributed by atoms with van der Waals surface area (Å²) in [5.74, 6) is 0.135. The van der Waals surface area contributed by atoms with Crippen LogP contribution in [0.3, 0.4) is 0 Å². The van der Waals surface area contributed by atoms with Gasteiger partial charge in [-0.3, -0.25) is 4.79 Å². The van der Waals surface area contributed by atoms with E-state index in [9.17, 15) is 9.90 Å². The third-order valence-electron chi connectivity index (χ3n) is 4.09. The van der Waals surface area contributed by atoms with Crippen LogP contribution in [0.25, 0.3) is 0 Å². The van der Waals surface area contributed by atoms with E-state index in [1.54, 1.807) is 0 Å². The second kappa shape index (κ2) is 5.12. The third-order valence-corrected chi connectivity index (χ3v) is 4.09. The molecule has 0 amide bonds. The molecule has 0 spiro atoms. The summed E-state index contributed by atoms with van der Waals surface area (Å²) in [5, 5.41) is 10.4. The van der Waals surface area contributed by atoms with Gasteiger partial charge in [0, 0.05) is 0 Å². The third kappa shape index (κ3) is 2.34. The molecule has 2 aromatic rings. The number of rotatable bonds is 1. The van der Waals surface area contributed by atoms with Crippen LogP contribution in [0.4, 0.5) is 0 Å². The molecule has 4 bridgehead atoms. The summed E-state index contributed by atoms with van der Waals surface area (Å²) in [6, 6.07) is 12.6. The Kier molecular flexibility index (Phi) is 3.31. The van der Waals surface area contributed by atoms with Gasteiger partial charge in [0.2, 0.25) is 0 Å². The quantitative estimate of drug-likeness (QED) is 0.802. The molecule has 0 unspecified atom stereocenters. The minimum atomic E-state index is -0.0506. The fraction of sp³-hybridized carbons (Fsp3) is 0.278.